The summed E-state index contributed by atoms with van der Waals surface area (Å²) in [5, 5.41) is 27.9. The summed E-state index contributed by atoms with van der Waals surface area (Å²) in [6.07, 6.45) is -3.16. The van der Waals surface area contributed by atoms with Crippen LogP contribution in [0.1, 0.15) is 19.4 Å². The Kier molecular flexibility index (Phi) is 9.60. The molecule has 1 aromatic rings. The summed E-state index contributed by atoms with van der Waals surface area (Å²) in [4.78, 5) is 37.9. The zero-order valence-corrected chi connectivity index (χ0v) is 21.4. The van der Waals surface area contributed by atoms with Crippen molar-refractivity contribution in [3.8, 4) is 0 Å². The van der Waals surface area contributed by atoms with Gasteiger partial charge in [0.15, 0.2) is 12.3 Å². The second-order valence-corrected chi connectivity index (χ2v) is 10.2. The van der Waals surface area contributed by atoms with Crippen molar-refractivity contribution in [1.29, 1.82) is 0 Å². The number of benzene rings is 1. The molecule has 13 nitrogen and oxygen atoms in total. The van der Waals surface area contributed by atoms with E-state index in [2.05, 4.69) is 22.5 Å². The van der Waals surface area contributed by atoms with E-state index in [9.17, 15) is 29.2 Å². The normalized spacial score (nSPS) is 23.6. The predicted octanol–water partition coefficient (Wildman–Crippen LogP) is 1.01. The number of aliphatic hydroxyl groups excluding tert-OH is 2. The topological polar surface area (TPSA) is 176 Å². The van der Waals surface area contributed by atoms with Gasteiger partial charge in [0.25, 0.3) is 5.91 Å². The number of rotatable bonds is 11. The molecule has 202 valence electrons. The minimum atomic E-state index is -3.26. The van der Waals surface area contributed by atoms with Gasteiger partial charge in [-0.25, -0.2) is 4.79 Å². The van der Waals surface area contributed by atoms with Gasteiger partial charge in [-0.1, -0.05) is 18.7 Å². The number of nitrogens with one attached hydrogen (secondary N) is 3. The zero-order chi connectivity index (χ0) is 27.2. The third-order valence-corrected chi connectivity index (χ3v) is 7.45. The van der Waals surface area contributed by atoms with Crippen LogP contribution in [0.5, 0.6) is 0 Å². The van der Waals surface area contributed by atoms with Gasteiger partial charge in [0.1, 0.15) is 12.2 Å². The molecule has 37 heavy (non-hydrogen) atoms. The molecule has 14 heteroatoms. The lowest BCUT2D eigenvalue weighted by Gasteiger charge is -2.29. The number of amides is 4. The zero-order valence-electron chi connectivity index (χ0n) is 20.5. The summed E-state index contributed by atoms with van der Waals surface area (Å²) >= 11 is 0. The summed E-state index contributed by atoms with van der Waals surface area (Å²) in [5.41, 5.74) is 1.46. The molecule has 3 rings (SSSR count). The summed E-state index contributed by atoms with van der Waals surface area (Å²) in [6.45, 7) is 7.10. The van der Waals surface area contributed by atoms with E-state index in [0.29, 0.717) is 16.9 Å². The monoisotopic (exact) mass is 538 g/mol. The minimum Gasteiger partial charge on any atom is -0.387 e. The fraction of sp³-hybridized carbons (Fsp3) is 0.435. The Hall–Kier alpha value is -3.06. The molecule has 0 radical (unpaired) electrons. The Morgan fingerprint density at radius 3 is 2.41 bits per heavy atom. The minimum absolute atomic E-state index is 0.0825. The van der Waals surface area contributed by atoms with Crippen LogP contribution in [0.3, 0.4) is 0 Å². The Morgan fingerprint density at radius 2 is 1.81 bits per heavy atom. The van der Waals surface area contributed by atoms with Gasteiger partial charge in [-0.15, -0.1) is 0 Å². The van der Waals surface area contributed by atoms with Gasteiger partial charge in [0.05, 0.1) is 25.9 Å². The van der Waals surface area contributed by atoms with Crippen LogP contribution in [0.25, 0.3) is 0 Å². The first-order valence-electron chi connectivity index (χ1n) is 11.6. The van der Waals surface area contributed by atoms with Crippen molar-refractivity contribution >= 4 is 31.1 Å². The van der Waals surface area contributed by atoms with Gasteiger partial charge < -0.3 is 39.9 Å². The molecule has 2 heterocycles. The van der Waals surface area contributed by atoms with E-state index in [1.54, 1.807) is 38.1 Å². The number of aliphatic hydroxyl groups is 2. The fourth-order valence-corrected chi connectivity index (χ4v) is 5.40. The molecule has 2 aliphatic heterocycles. The SMILES string of the molecule is C=C1C=CN([C@@H]2O[C@H](C(=O)NCC(=O)Nc3ccc(CP(=O)(OCC)OCC)cc3)[C@@H](O)[C@H]2O)C(=O)N1. The van der Waals surface area contributed by atoms with Crippen LogP contribution in [0.4, 0.5) is 10.5 Å². The van der Waals surface area contributed by atoms with Gasteiger partial charge in [0.2, 0.25) is 5.91 Å². The molecule has 0 aromatic heterocycles. The van der Waals surface area contributed by atoms with Gasteiger partial charge in [-0.3, -0.25) is 19.1 Å². The van der Waals surface area contributed by atoms with Crippen LogP contribution in [0.2, 0.25) is 0 Å². The molecule has 0 spiro atoms. The lowest BCUT2D eigenvalue weighted by molar-refractivity contribution is -0.139. The van der Waals surface area contributed by atoms with Crippen LogP contribution >= 0.6 is 7.60 Å². The van der Waals surface area contributed by atoms with Gasteiger partial charge in [0, 0.05) is 17.6 Å². The maximum atomic E-state index is 12.7. The molecule has 5 N–H and O–H groups in total. The van der Waals surface area contributed by atoms with E-state index in [4.69, 9.17) is 13.8 Å². The van der Waals surface area contributed by atoms with Crippen molar-refractivity contribution in [3.63, 3.8) is 0 Å². The van der Waals surface area contributed by atoms with Crippen LogP contribution in [0, 0.1) is 0 Å². The fourth-order valence-electron chi connectivity index (χ4n) is 3.70. The summed E-state index contributed by atoms with van der Waals surface area (Å²) < 4.78 is 28.6. The van der Waals surface area contributed by atoms with Crippen molar-refractivity contribution in [3.05, 3.63) is 54.4 Å². The molecule has 0 bridgehead atoms. The molecule has 0 aliphatic carbocycles. The van der Waals surface area contributed by atoms with Crippen molar-refractivity contribution in [2.24, 2.45) is 0 Å². The van der Waals surface area contributed by atoms with E-state index in [-0.39, 0.29) is 19.4 Å². The van der Waals surface area contributed by atoms with E-state index < -0.39 is 56.5 Å². The highest BCUT2D eigenvalue weighted by Gasteiger charge is 2.49. The number of anilines is 1. The second-order valence-electron chi connectivity index (χ2n) is 8.17. The molecule has 1 fully saturated rings. The number of urea groups is 1. The first-order valence-corrected chi connectivity index (χ1v) is 13.3. The standard InChI is InChI=1S/C23H31N4O9P/c1-4-34-37(33,35-5-2)13-15-6-8-16(9-7-15)26-17(28)12-24-21(31)20-18(29)19(30)22(36-20)27-11-10-14(3)25-23(27)32/h6-11,18-20,22,29-30H,3-5,12-13H2,1-2H3,(H,24,31)(H,25,32)(H,26,28)/t18-,19+,20-,22+/m0/s1. The average Bonchev–Trinajstić information content (AvgIpc) is 3.13. The van der Waals surface area contributed by atoms with E-state index in [1.807, 2.05) is 0 Å². The van der Waals surface area contributed by atoms with Crippen LogP contribution in [-0.4, -0.2) is 77.3 Å². The molecule has 4 amide bonds. The Labute approximate surface area is 214 Å². The van der Waals surface area contributed by atoms with Crippen LogP contribution in [-0.2, 0) is 34.1 Å². The Balaban J connectivity index is 1.51. The quantitative estimate of drug-likeness (QED) is 0.257. The highest BCUT2D eigenvalue weighted by molar-refractivity contribution is 7.53. The number of carbonyl (C=O) groups is 3. The molecule has 0 unspecified atom stereocenters. The highest BCUT2D eigenvalue weighted by Crippen LogP contribution is 2.51. The maximum absolute atomic E-state index is 12.7. The second kappa shape index (κ2) is 12.5. The van der Waals surface area contributed by atoms with Gasteiger partial charge >= 0.3 is 13.6 Å². The Morgan fingerprint density at radius 1 is 1.16 bits per heavy atom. The lowest BCUT2D eigenvalue weighted by atomic mass is 10.1. The maximum Gasteiger partial charge on any atom is 0.335 e. The molecule has 2 aliphatic rings. The van der Waals surface area contributed by atoms with Crippen molar-refractivity contribution < 1.29 is 42.9 Å². The third-order valence-electron chi connectivity index (χ3n) is 5.40. The van der Waals surface area contributed by atoms with E-state index in [1.165, 1.54) is 12.3 Å². The van der Waals surface area contributed by atoms with Gasteiger partial charge in [-0.05, 0) is 37.6 Å². The third kappa shape index (κ3) is 7.25. The first kappa shape index (κ1) is 28.5. The summed E-state index contributed by atoms with van der Waals surface area (Å²) in [7, 11) is -3.26. The van der Waals surface area contributed by atoms with Crippen LogP contribution < -0.4 is 16.0 Å². The molecule has 1 saturated heterocycles. The highest BCUT2D eigenvalue weighted by atomic mass is 31.2. The van der Waals surface area contributed by atoms with E-state index >= 15 is 0 Å². The molecular weight excluding hydrogens is 507 g/mol. The van der Waals surface area contributed by atoms with Crippen molar-refractivity contribution in [2.45, 2.75) is 44.5 Å². The molecule has 4 atom stereocenters. The Bertz CT molecular complexity index is 1080. The molecular formula is C23H31N4O9P. The number of ether oxygens (including phenoxy) is 1. The summed E-state index contributed by atoms with van der Waals surface area (Å²) in [5.74, 6) is -1.40. The van der Waals surface area contributed by atoms with E-state index in [0.717, 1.165) is 4.90 Å². The molecule has 0 saturated carbocycles. The number of hydrogen-bond donors (Lipinski definition) is 5. The van der Waals surface area contributed by atoms with Crippen molar-refractivity contribution in [2.75, 3.05) is 25.1 Å². The number of hydrogen-bond acceptors (Lipinski definition) is 9. The average molecular weight is 538 g/mol. The number of carbonyl (C=O) groups excluding carboxylic acids is 3. The summed E-state index contributed by atoms with van der Waals surface area (Å²) in [6, 6.07) is 5.91. The smallest absolute Gasteiger partial charge is 0.335 e. The largest absolute Gasteiger partial charge is 0.387 e. The van der Waals surface area contributed by atoms with Gasteiger partial charge in [-0.2, -0.15) is 0 Å². The number of nitrogens with zero attached hydrogens (tertiary/aromatic N) is 1. The predicted molar refractivity (Wildman–Crippen MR) is 132 cm³/mol. The lowest BCUT2D eigenvalue weighted by Crippen LogP contribution is -2.49. The van der Waals surface area contributed by atoms with Crippen LogP contribution in [0.15, 0.2) is 48.8 Å². The first-order chi connectivity index (χ1) is 17.6. The van der Waals surface area contributed by atoms with Crippen molar-refractivity contribution in [1.82, 2.24) is 15.5 Å². The number of allylic oxidation sites excluding steroid dienone is 1. The molecule has 1 aromatic carbocycles.